The Morgan fingerprint density at radius 3 is 2.42 bits per heavy atom. The van der Waals surface area contributed by atoms with Gasteiger partial charge < -0.3 is 15.2 Å². The molecule has 0 radical (unpaired) electrons. The maximum atomic E-state index is 13.0. The van der Waals surface area contributed by atoms with Gasteiger partial charge >= 0.3 is 12.2 Å². The van der Waals surface area contributed by atoms with Gasteiger partial charge in [0.1, 0.15) is 0 Å². The maximum absolute atomic E-state index is 13.0. The lowest BCUT2D eigenvalue weighted by Gasteiger charge is -2.20. The fourth-order valence-corrected chi connectivity index (χ4v) is 3.51. The lowest BCUT2D eigenvalue weighted by molar-refractivity contribution is -0.137. The van der Waals surface area contributed by atoms with Crippen LogP contribution in [0.25, 0.3) is 0 Å². The molecule has 33 heavy (non-hydrogen) atoms. The number of urea groups is 1. The van der Waals surface area contributed by atoms with Crippen LogP contribution >= 0.6 is 0 Å². The van der Waals surface area contributed by atoms with Crippen molar-refractivity contribution in [2.75, 3.05) is 10.6 Å². The standard InChI is InChI=1S/C24H20F3N5O/c1-16-5-6-19(24(25,26)27)14-21(16)31-23(33)30-20-4-2-3-18(13-20)22(32-12-11-29-15-32)17-7-9-28-10-8-17/h2-15,22H,1H3,(H2,30,31,33). The Morgan fingerprint density at radius 1 is 0.939 bits per heavy atom. The molecule has 0 bridgehead atoms. The molecule has 0 saturated carbocycles. The van der Waals surface area contributed by atoms with Crippen LogP contribution in [0.1, 0.15) is 28.3 Å². The minimum atomic E-state index is -4.50. The Morgan fingerprint density at radius 2 is 1.73 bits per heavy atom. The molecule has 2 N–H and O–H groups in total. The van der Waals surface area contributed by atoms with Gasteiger partial charge in [-0.1, -0.05) is 18.2 Å². The first-order valence-electron chi connectivity index (χ1n) is 10.0. The Labute approximate surface area is 188 Å². The summed E-state index contributed by atoms with van der Waals surface area (Å²) in [4.78, 5) is 20.7. The summed E-state index contributed by atoms with van der Waals surface area (Å²) in [7, 11) is 0. The minimum absolute atomic E-state index is 0.0894. The van der Waals surface area contributed by atoms with Crippen molar-refractivity contribution in [1.29, 1.82) is 0 Å². The first kappa shape index (κ1) is 22.1. The molecule has 0 spiro atoms. The summed E-state index contributed by atoms with van der Waals surface area (Å²) in [5, 5.41) is 5.20. The highest BCUT2D eigenvalue weighted by molar-refractivity contribution is 6.00. The molecule has 2 amide bonds. The van der Waals surface area contributed by atoms with Gasteiger partial charge in [0.2, 0.25) is 0 Å². The number of rotatable bonds is 5. The van der Waals surface area contributed by atoms with Crippen LogP contribution in [-0.2, 0) is 6.18 Å². The van der Waals surface area contributed by atoms with Gasteiger partial charge in [0, 0.05) is 36.2 Å². The van der Waals surface area contributed by atoms with Crippen molar-refractivity contribution in [3.05, 3.63) is 108 Å². The number of amides is 2. The Balaban J connectivity index is 1.57. The number of nitrogens with one attached hydrogen (secondary N) is 2. The molecular formula is C24H20F3N5O. The number of alkyl halides is 3. The molecule has 4 aromatic rings. The number of carbonyl (C=O) groups is 1. The van der Waals surface area contributed by atoms with E-state index in [2.05, 4.69) is 20.6 Å². The van der Waals surface area contributed by atoms with E-state index in [0.29, 0.717) is 11.3 Å². The van der Waals surface area contributed by atoms with Gasteiger partial charge in [-0.25, -0.2) is 9.78 Å². The van der Waals surface area contributed by atoms with E-state index >= 15 is 0 Å². The van der Waals surface area contributed by atoms with Crippen LogP contribution in [0.3, 0.4) is 0 Å². The van der Waals surface area contributed by atoms with Crippen molar-refractivity contribution >= 4 is 17.4 Å². The number of pyridine rings is 1. The monoisotopic (exact) mass is 451 g/mol. The topological polar surface area (TPSA) is 71.8 Å². The van der Waals surface area contributed by atoms with Crippen LogP contribution in [0.15, 0.2) is 85.7 Å². The molecule has 2 heterocycles. The third-order valence-corrected chi connectivity index (χ3v) is 5.12. The quantitative estimate of drug-likeness (QED) is 0.398. The highest BCUT2D eigenvalue weighted by atomic mass is 19.4. The van der Waals surface area contributed by atoms with Crippen molar-refractivity contribution in [3.8, 4) is 0 Å². The number of hydrogen-bond acceptors (Lipinski definition) is 3. The number of nitrogens with zero attached hydrogens (tertiary/aromatic N) is 3. The van der Waals surface area contributed by atoms with Crippen LogP contribution in [0.4, 0.5) is 29.3 Å². The Bertz CT molecular complexity index is 1240. The van der Waals surface area contributed by atoms with Gasteiger partial charge in [-0.15, -0.1) is 0 Å². The van der Waals surface area contributed by atoms with Crippen molar-refractivity contribution in [1.82, 2.24) is 14.5 Å². The van der Waals surface area contributed by atoms with Crippen molar-refractivity contribution in [2.45, 2.75) is 19.1 Å². The van der Waals surface area contributed by atoms with E-state index in [4.69, 9.17) is 0 Å². The number of carbonyl (C=O) groups excluding carboxylic acids is 1. The number of aryl methyl sites for hydroxylation is 1. The Kier molecular flexibility index (Phi) is 6.12. The number of halogens is 3. The molecule has 0 aliphatic rings. The van der Waals surface area contributed by atoms with E-state index in [9.17, 15) is 18.0 Å². The first-order chi connectivity index (χ1) is 15.8. The van der Waals surface area contributed by atoms with Gasteiger partial charge in [-0.2, -0.15) is 13.2 Å². The summed E-state index contributed by atoms with van der Waals surface area (Å²) >= 11 is 0. The number of anilines is 2. The fourth-order valence-electron chi connectivity index (χ4n) is 3.51. The molecular weight excluding hydrogens is 431 g/mol. The smallest absolute Gasteiger partial charge is 0.326 e. The highest BCUT2D eigenvalue weighted by Crippen LogP contribution is 2.32. The van der Waals surface area contributed by atoms with Gasteiger partial charge in [0.25, 0.3) is 0 Å². The third-order valence-electron chi connectivity index (χ3n) is 5.12. The molecule has 168 valence electrons. The summed E-state index contributed by atoms with van der Waals surface area (Å²) in [6.45, 7) is 1.63. The molecule has 1 unspecified atom stereocenters. The van der Waals surface area contributed by atoms with E-state index in [0.717, 1.165) is 23.3 Å². The highest BCUT2D eigenvalue weighted by Gasteiger charge is 2.31. The molecule has 0 aliphatic heterocycles. The fraction of sp³-hybridized carbons (Fsp3) is 0.125. The molecule has 4 rings (SSSR count). The molecule has 1 atom stereocenters. The molecule has 2 aromatic heterocycles. The summed E-state index contributed by atoms with van der Waals surface area (Å²) < 4.78 is 41.0. The molecule has 6 nitrogen and oxygen atoms in total. The molecule has 0 saturated heterocycles. The van der Waals surface area contributed by atoms with Crippen LogP contribution in [-0.4, -0.2) is 20.6 Å². The van der Waals surface area contributed by atoms with E-state index in [1.54, 1.807) is 44.0 Å². The van der Waals surface area contributed by atoms with Crippen LogP contribution in [0.5, 0.6) is 0 Å². The lowest BCUT2D eigenvalue weighted by atomic mass is 9.99. The largest absolute Gasteiger partial charge is 0.416 e. The zero-order chi connectivity index (χ0) is 23.4. The second-order valence-electron chi connectivity index (χ2n) is 7.43. The van der Waals surface area contributed by atoms with E-state index < -0.39 is 17.8 Å². The van der Waals surface area contributed by atoms with Crippen LogP contribution < -0.4 is 10.6 Å². The molecule has 0 fully saturated rings. The van der Waals surface area contributed by atoms with E-state index in [-0.39, 0.29) is 11.7 Å². The normalized spacial score (nSPS) is 12.2. The number of hydrogen-bond donors (Lipinski definition) is 2. The van der Waals surface area contributed by atoms with Gasteiger partial charge in [-0.05, 0) is 60.0 Å². The second-order valence-corrected chi connectivity index (χ2v) is 7.43. The lowest BCUT2D eigenvalue weighted by Crippen LogP contribution is -2.21. The van der Waals surface area contributed by atoms with Crippen molar-refractivity contribution < 1.29 is 18.0 Å². The van der Waals surface area contributed by atoms with Gasteiger partial charge in [0.05, 0.1) is 17.9 Å². The van der Waals surface area contributed by atoms with Crippen molar-refractivity contribution in [2.24, 2.45) is 0 Å². The average Bonchev–Trinajstić information content (AvgIpc) is 3.30. The summed E-state index contributed by atoms with van der Waals surface area (Å²) in [6.07, 6.45) is 4.13. The van der Waals surface area contributed by atoms with Gasteiger partial charge in [0.15, 0.2) is 0 Å². The maximum Gasteiger partial charge on any atom is 0.416 e. The van der Waals surface area contributed by atoms with Gasteiger partial charge in [-0.3, -0.25) is 4.98 Å². The Hall–Kier alpha value is -4.14. The second kappa shape index (κ2) is 9.15. The zero-order valence-electron chi connectivity index (χ0n) is 17.5. The van der Waals surface area contributed by atoms with E-state index in [1.165, 1.54) is 6.07 Å². The predicted octanol–water partition coefficient (Wildman–Crippen LogP) is 5.89. The first-order valence-corrected chi connectivity index (χ1v) is 10.0. The third kappa shape index (κ3) is 5.20. The number of aromatic nitrogens is 3. The molecule has 2 aromatic carbocycles. The predicted molar refractivity (Wildman–Crippen MR) is 119 cm³/mol. The van der Waals surface area contributed by atoms with Crippen molar-refractivity contribution in [3.63, 3.8) is 0 Å². The zero-order valence-corrected chi connectivity index (χ0v) is 17.5. The molecule has 0 aliphatic carbocycles. The van der Waals surface area contributed by atoms with Crippen LogP contribution in [0, 0.1) is 6.92 Å². The SMILES string of the molecule is Cc1ccc(C(F)(F)F)cc1NC(=O)Nc1cccc(C(c2ccncc2)n2ccnc2)c1. The average molecular weight is 451 g/mol. The summed E-state index contributed by atoms with van der Waals surface area (Å²) in [6, 6.07) is 13.4. The number of benzene rings is 2. The molecule has 9 heteroatoms. The summed E-state index contributed by atoms with van der Waals surface area (Å²) in [5.41, 5.74) is 2.13. The van der Waals surface area contributed by atoms with Crippen LogP contribution in [0.2, 0.25) is 0 Å². The number of imidazole rings is 1. The van der Waals surface area contributed by atoms with E-state index in [1.807, 2.05) is 35.0 Å². The minimum Gasteiger partial charge on any atom is -0.326 e. The summed E-state index contributed by atoms with van der Waals surface area (Å²) in [5.74, 6) is 0.